The lowest BCUT2D eigenvalue weighted by atomic mass is 10.1. The Balaban J connectivity index is 1.53. The fraction of sp³-hybridized carbons (Fsp3) is 0.222. The third-order valence-corrected chi connectivity index (χ3v) is 4.23. The summed E-state index contributed by atoms with van der Waals surface area (Å²) in [7, 11) is 0. The SMILES string of the molecule is O=C(c1cccc(-n2cnnn2)c1)N1CCOC(c2ccccc2)C1. The number of aromatic nitrogens is 4. The first kappa shape index (κ1) is 15.5. The van der Waals surface area contributed by atoms with Crippen LogP contribution in [0.2, 0.25) is 0 Å². The molecule has 1 aliphatic heterocycles. The predicted molar refractivity (Wildman–Crippen MR) is 90.2 cm³/mol. The topological polar surface area (TPSA) is 73.1 Å². The van der Waals surface area contributed by atoms with Crippen LogP contribution in [0, 0.1) is 0 Å². The maximum Gasteiger partial charge on any atom is 0.254 e. The average Bonchev–Trinajstić information content (AvgIpc) is 3.23. The standard InChI is InChI=1S/C18H17N5O2/c24-18(15-7-4-8-16(11-15)23-13-19-20-21-23)22-9-10-25-17(12-22)14-5-2-1-3-6-14/h1-8,11,13,17H,9-10,12H2. The summed E-state index contributed by atoms with van der Waals surface area (Å²) >= 11 is 0. The second-order valence-corrected chi connectivity index (χ2v) is 5.83. The van der Waals surface area contributed by atoms with E-state index in [2.05, 4.69) is 15.5 Å². The number of tetrazole rings is 1. The van der Waals surface area contributed by atoms with E-state index in [0.29, 0.717) is 25.3 Å². The number of carbonyl (C=O) groups is 1. The van der Waals surface area contributed by atoms with E-state index in [1.54, 1.807) is 6.07 Å². The van der Waals surface area contributed by atoms with Gasteiger partial charge in [0.2, 0.25) is 0 Å². The zero-order valence-electron chi connectivity index (χ0n) is 13.5. The van der Waals surface area contributed by atoms with Crippen molar-refractivity contribution in [3.63, 3.8) is 0 Å². The van der Waals surface area contributed by atoms with Crippen LogP contribution in [0.25, 0.3) is 5.69 Å². The van der Waals surface area contributed by atoms with Gasteiger partial charge in [0.05, 0.1) is 18.8 Å². The van der Waals surface area contributed by atoms with Gasteiger partial charge in [-0.1, -0.05) is 36.4 Å². The van der Waals surface area contributed by atoms with Gasteiger partial charge in [0.25, 0.3) is 5.91 Å². The first-order valence-corrected chi connectivity index (χ1v) is 8.10. The minimum atomic E-state index is -0.0957. The molecule has 0 saturated carbocycles. The first-order valence-electron chi connectivity index (χ1n) is 8.10. The van der Waals surface area contributed by atoms with Gasteiger partial charge in [-0.15, -0.1) is 5.10 Å². The van der Waals surface area contributed by atoms with Crippen molar-refractivity contribution in [3.8, 4) is 5.69 Å². The first-order chi connectivity index (χ1) is 12.3. The maximum absolute atomic E-state index is 12.9. The van der Waals surface area contributed by atoms with Crippen molar-refractivity contribution in [3.05, 3.63) is 72.1 Å². The Hall–Kier alpha value is -3.06. The third kappa shape index (κ3) is 3.27. The van der Waals surface area contributed by atoms with Crippen molar-refractivity contribution in [2.75, 3.05) is 19.7 Å². The van der Waals surface area contributed by atoms with Crippen molar-refractivity contribution in [2.24, 2.45) is 0 Å². The molecule has 1 aromatic heterocycles. The van der Waals surface area contributed by atoms with Gasteiger partial charge in [-0.25, -0.2) is 4.68 Å². The van der Waals surface area contributed by atoms with Gasteiger partial charge in [-0.2, -0.15) is 0 Å². The highest BCUT2D eigenvalue weighted by molar-refractivity contribution is 5.94. The van der Waals surface area contributed by atoms with Crippen LogP contribution < -0.4 is 0 Å². The van der Waals surface area contributed by atoms with Crippen LogP contribution in [0.15, 0.2) is 60.9 Å². The zero-order valence-corrected chi connectivity index (χ0v) is 13.5. The molecule has 0 aliphatic carbocycles. The number of ether oxygens (including phenoxy) is 1. The Morgan fingerprint density at radius 3 is 2.80 bits per heavy atom. The molecule has 1 unspecified atom stereocenters. The quantitative estimate of drug-likeness (QED) is 0.731. The summed E-state index contributed by atoms with van der Waals surface area (Å²) in [5, 5.41) is 11.1. The molecule has 7 nitrogen and oxygen atoms in total. The minimum absolute atomic E-state index is 0.0147. The number of hydrogen-bond donors (Lipinski definition) is 0. The largest absolute Gasteiger partial charge is 0.370 e. The summed E-state index contributed by atoms with van der Waals surface area (Å²) in [6.07, 6.45) is 1.41. The monoisotopic (exact) mass is 335 g/mol. The van der Waals surface area contributed by atoms with Gasteiger partial charge in [0.15, 0.2) is 0 Å². The highest BCUT2D eigenvalue weighted by atomic mass is 16.5. The van der Waals surface area contributed by atoms with Gasteiger partial charge in [-0.05, 0) is 34.2 Å². The van der Waals surface area contributed by atoms with E-state index in [1.165, 1.54) is 11.0 Å². The average molecular weight is 335 g/mol. The molecule has 4 rings (SSSR count). The van der Waals surface area contributed by atoms with E-state index in [9.17, 15) is 4.79 Å². The number of morpholine rings is 1. The summed E-state index contributed by atoms with van der Waals surface area (Å²) in [4.78, 5) is 14.7. The fourth-order valence-corrected chi connectivity index (χ4v) is 2.95. The van der Waals surface area contributed by atoms with E-state index < -0.39 is 0 Å². The van der Waals surface area contributed by atoms with E-state index in [4.69, 9.17) is 4.74 Å². The molecule has 25 heavy (non-hydrogen) atoms. The predicted octanol–water partition coefficient (Wildman–Crippen LogP) is 1.88. The molecule has 0 N–H and O–H groups in total. The molecule has 1 fully saturated rings. The molecular weight excluding hydrogens is 318 g/mol. The number of carbonyl (C=O) groups excluding carboxylic acids is 1. The van der Waals surface area contributed by atoms with E-state index >= 15 is 0 Å². The Kier molecular flexibility index (Phi) is 4.22. The Morgan fingerprint density at radius 1 is 1.12 bits per heavy atom. The molecule has 0 radical (unpaired) electrons. The molecule has 1 saturated heterocycles. The number of amides is 1. The summed E-state index contributed by atoms with van der Waals surface area (Å²) in [6.45, 7) is 1.65. The van der Waals surface area contributed by atoms with E-state index in [-0.39, 0.29) is 12.0 Å². The van der Waals surface area contributed by atoms with Crippen LogP contribution in [0.1, 0.15) is 22.0 Å². The summed E-state index contributed by atoms with van der Waals surface area (Å²) in [5.41, 5.74) is 2.45. The maximum atomic E-state index is 12.9. The van der Waals surface area contributed by atoms with Gasteiger partial charge in [0.1, 0.15) is 12.4 Å². The number of rotatable bonds is 3. The number of hydrogen-bond acceptors (Lipinski definition) is 5. The molecule has 1 amide bonds. The highest BCUT2D eigenvalue weighted by Crippen LogP contribution is 2.23. The minimum Gasteiger partial charge on any atom is -0.370 e. The van der Waals surface area contributed by atoms with Gasteiger partial charge in [-0.3, -0.25) is 4.79 Å². The van der Waals surface area contributed by atoms with Crippen molar-refractivity contribution < 1.29 is 9.53 Å². The lowest BCUT2D eigenvalue weighted by molar-refractivity contribution is -0.0228. The molecule has 1 atom stereocenters. The normalized spacial score (nSPS) is 17.4. The fourth-order valence-electron chi connectivity index (χ4n) is 2.95. The van der Waals surface area contributed by atoms with Crippen molar-refractivity contribution in [1.82, 2.24) is 25.1 Å². The molecule has 0 spiro atoms. The lowest BCUT2D eigenvalue weighted by Gasteiger charge is -2.33. The van der Waals surface area contributed by atoms with Gasteiger partial charge in [0, 0.05) is 12.1 Å². The molecule has 0 bridgehead atoms. The van der Waals surface area contributed by atoms with Crippen molar-refractivity contribution in [2.45, 2.75) is 6.10 Å². The number of nitrogens with zero attached hydrogens (tertiary/aromatic N) is 5. The lowest BCUT2D eigenvalue weighted by Crippen LogP contribution is -2.42. The second-order valence-electron chi connectivity index (χ2n) is 5.83. The molecule has 2 heterocycles. The van der Waals surface area contributed by atoms with Crippen LogP contribution in [0.3, 0.4) is 0 Å². The summed E-state index contributed by atoms with van der Waals surface area (Å²) in [5.74, 6) is -0.0147. The number of benzene rings is 2. The Labute approximate surface area is 144 Å². The molecule has 2 aromatic carbocycles. The van der Waals surface area contributed by atoms with Crippen LogP contribution >= 0.6 is 0 Å². The van der Waals surface area contributed by atoms with E-state index in [1.807, 2.05) is 53.4 Å². The molecular formula is C18H17N5O2. The van der Waals surface area contributed by atoms with Crippen LogP contribution in [0.4, 0.5) is 0 Å². The second kappa shape index (κ2) is 6.82. The summed E-state index contributed by atoms with van der Waals surface area (Å²) in [6, 6.07) is 17.3. The highest BCUT2D eigenvalue weighted by Gasteiger charge is 2.26. The summed E-state index contributed by atoms with van der Waals surface area (Å²) < 4.78 is 7.37. The van der Waals surface area contributed by atoms with Crippen LogP contribution in [0.5, 0.6) is 0 Å². The van der Waals surface area contributed by atoms with Crippen LogP contribution in [-0.4, -0.2) is 50.7 Å². The molecule has 3 aromatic rings. The Bertz CT molecular complexity index is 851. The zero-order chi connectivity index (χ0) is 17.1. The smallest absolute Gasteiger partial charge is 0.254 e. The van der Waals surface area contributed by atoms with Crippen molar-refractivity contribution in [1.29, 1.82) is 0 Å². The molecule has 1 aliphatic rings. The third-order valence-electron chi connectivity index (χ3n) is 4.23. The Morgan fingerprint density at radius 2 is 2.00 bits per heavy atom. The molecule has 126 valence electrons. The van der Waals surface area contributed by atoms with Crippen molar-refractivity contribution >= 4 is 5.91 Å². The van der Waals surface area contributed by atoms with Crippen LogP contribution in [-0.2, 0) is 4.74 Å². The van der Waals surface area contributed by atoms with Gasteiger partial charge >= 0.3 is 0 Å². The van der Waals surface area contributed by atoms with Gasteiger partial charge < -0.3 is 9.64 Å². The van der Waals surface area contributed by atoms with E-state index in [0.717, 1.165) is 11.3 Å². The molecule has 7 heteroatoms.